The molecule has 0 aliphatic carbocycles. The van der Waals surface area contributed by atoms with Gasteiger partial charge in [0, 0.05) is 12.3 Å². The summed E-state index contributed by atoms with van der Waals surface area (Å²) in [5.74, 6) is 0.466. The summed E-state index contributed by atoms with van der Waals surface area (Å²) >= 11 is 12.2. The van der Waals surface area contributed by atoms with Crippen LogP contribution in [0.15, 0.2) is 18.2 Å². The fraction of sp³-hybridized carbons (Fsp3) is 0.600. The number of benzene rings is 1. The average molecular weight is 303 g/mol. The van der Waals surface area contributed by atoms with Gasteiger partial charge in [-0.05, 0) is 31.4 Å². The molecule has 1 fully saturated rings. The Morgan fingerprint density at radius 1 is 1.21 bits per heavy atom. The van der Waals surface area contributed by atoms with Crippen molar-refractivity contribution in [1.82, 2.24) is 0 Å². The monoisotopic (exact) mass is 302 g/mol. The zero-order valence-corrected chi connectivity index (χ0v) is 12.9. The first-order valence-electron chi connectivity index (χ1n) is 6.68. The van der Waals surface area contributed by atoms with Gasteiger partial charge in [-0.2, -0.15) is 0 Å². The van der Waals surface area contributed by atoms with Crippen LogP contribution in [-0.2, 0) is 11.2 Å². The highest BCUT2D eigenvalue weighted by atomic mass is 35.5. The molecule has 1 heterocycles. The summed E-state index contributed by atoms with van der Waals surface area (Å²) in [6.07, 6.45) is 0.294. The van der Waals surface area contributed by atoms with E-state index in [4.69, 9.17) is 27.9 Å². The summed E-state index contributed by atoms with van der Waals surface area (Å²) < 4.78 is 5.78. The van der Waals surface area contributed by atoms with Gasteiger partial charge >= 0.3 is 0 Å². The molecule has 106 valence electrons. The molecule has 4 heteroatoms. The Balaban J connectivity index is 2.13. The molecule has 2 rings (SSSR count). The van der Waals surface area contributed by atoms with Gasteiger partial charge in [-0.3, -0.25) is 0 Å². The fourth-order valence-corrected chi connectivity index (χ4v) is 3.42. The van der Waals surface area contributed by atoms with Crippen molar-refractivity contribution in [2.24, 2.45) is 11.8 Å². The third kappa shape index (κ3) is 3.08. The molecule has 19 heavy (non-hydrogen) atoms. The molecule has 1 aliphatic heterocycles. The van der Waals surface area contributed by atoms with Crippen LogP contribution in [0.3, 0.4) is 0 Å². The van der Waals surface area contributed by atoms with E-state index in [1.54, 1.807) is 6.07 Å². The first-order valence-corrected chi connectivity index (χ1v) is 7.43. The first-order chi connectivity index (χ1) is 8.91. The maximum absolute atomic E-state index is 10.5. The van der Waals surface area contributed by atoms with Crippen molar-refractivity contribution in [3.63, 3.8) is 0 Å². The van der Waals surface area contributed by atoms with Gasteiger partial charge in [0.1, 0.15) is 0 Å². The Hall–Kier alpha value is -0.280. The Labute approximate surface area is 124 Å². The maximum Gasteiger partial charge on any atom is 0.0637 e. The summed E-state index contributed by atoms with van der Waals surface area (Å²) in [4.78, 5) is 0. The SMILES string of the molecule is CC1OC(C)C(C(O)Cc2cccc(Cl)c2Cl)C1C. The van der Waals surface area contributed by atoms with Crippen LogP contribution in [0.5, 0.6) is 0 Å². The lowest BCUT2D eigenvalue weighted by Gasteiger charge is -2.25. The van der Waals surface area contributed by atoms with Crippen molar-refractivity contribution >= 4 is 23.2 Å². The Kier molecular flexibility index (Phi) is 4.78. The predicted octanol–water partition coefficient (Wildman–Crippen LogP) is 3.96. The van der Waals surface area contributed by atoms with Gasteiger partial charge in [0.2, 0.25) is 0 Å². The van der Waals surface area contributed by atoms with Gasteiger partial charge in [-0.25, -0.2) is 0 Å². The van der Waals surface area contributed by atoms with E-state index < -0.39 is 6.10 Å². The first kappa shape index (κ1) is 15.1. The van der Waals surface area contributed by atoms with E-state index in [9.17, 15) is 5.11 Å². The summed E-state index contributed by atoms with van der Waals surface area (Å²) in [7, 11) is 0. The van der Waals surface area contributed by atoms with Crippen molar-refractivity contribution < 1.29 is 9.84 Å². The molecular weight excluding hydrogens is 283 g/mol. The number of hydrogen-bond acceptors (Lipinski definition) is 2. The molecule has 1 N–H and O–H groups in total. The smallest absolute Gasteiger partial charge is 0.0637 e. The number of aliphatic hydroxyl groups excluding tert-OH is 1. The Bertz CT molecular complexity index is 450. The van der Waals surface area contributed by atoms with E-state index >= 15 is 0 Å². The topological polar surface area (TPSA) is 29.5 Å². The highest BCUT2D eigenvalue weighted by Gasteiger charge is 2.41. The number of aliphatic hydroxyl groups is 1. The quantitative estimate of drug-likeness (QED) is 0.916. The van der Waals surface area contributed by atoms with Crippen molar-refractivity contribution in [1.29, 1.82) is 0 Å². The summed E-state index contributed by atoms with van der Waals surface area (Å²) in [5, 5.41) is 11.6. The number of ether oxygens (including phenoxy) is 1. The molecule has 5 atom stereocenters. The molecule has 5 unspecified atom stereocenters. The minimum absolute atomic E-state index is 0.0676. The van der Waals surface area contributed by atoms with Gasteiger partial charge in [-0.1, -0.05) is 42.3 Å². The minimum atomic E-state index is -0.467. The van der Waals surface area contributed by atoms with Crippen LogP contribution in [0.1, 0.15) is 26.3 Å². The van der Waals surface area contributed by atoms with Crippen LogP contribution in [0, 0.1) is 11.8 Å². The molecule has 0 bridgehead atoms. The van der Waals surface area contributed by atoms with Crippen LogP contribution < -0.4 is 0 Å². The molecule has 0 amide bonds. The Morgan fingerprint density at radius 2 is 1.89 bits per heavy atom. The highest BCUT2D eigenvalue weighted by molar-refractivity contribution is 6.42. The normalized spacial score (nSPS) is 32.5. The summed E-state index contributed by atoms with van der Waals surface area (Å²) in [6, 6.07) is 5.52. The van der Waals surface area contributed by atoms with Gasteiger partial charge < -0.3 is 9.84 Å². The molecule has 0 radical (unpaired) electrons. The molecular formula is C15H20Cl2O2. The maximum atomic E-state index is 10.5. The van der Waals surface area contributed by atoms with E-state index in [2.05, 4.69) is 13.8 Å². The molecule has 1 aliphatic rings. The van der Waals surface area contributed by atoms with Crippen molar-refractivity contribution in [2.45, 2.75) is 45.5 Å². The third-order valence-electron chi connectivity index (χ3n) is 4.22. The molecule has 2 nitrogen and oxygen atoms in total. The molecule has 0 saturated carbocycles. The van der Waals surface area contributed by atoms with Crippen molar-refractivity contribution in [2.75, 3.05) is 0 Å². The highest BCUT2D eigenvalue weighted by Crippen LogP contribution is 2.36. The van der Waals surface area contributed by atoms with Crippen LogP contribution >= 0.6 is 23.2 Å². The standard InChI is InChI=1S/C15H20Cl2O2/c1-8-9(2)19-10(3)14(8)13(18)7-11-5-4-6-12(16)15(11)17/h4-6,8-10,13-14,18H,7H2,1-3H3. The van der Waals surface area contributed by atoms with E-state index in [0.29, 0.717) is 22.4 Å². The molecule has 0 spiro atoms. The number of hydrogen-bond donors (Lipinski definition) is 1. The van der Waals surface area contributed by atoms with Crippen LogP contribution in [0.25, 0.3) is 0 Å². The van der Waals surface area contributed by atoms with Crippen LogP contribution in [-0.4, -0.2) is 23.4 Å². The third-order valence-corrected chi connectivity index (χ3v) is 5.08. The second-order valence-corrected chi connectivity index (χ2v) is 6.25. The van der Waals surface area contributed by atoms with Crippen LogP contribution in [0.4, 0.5) is 0 Å². The lowest BCUT2D eigenvalue weighted by Crippen LogP contribution is -2.32. The zero-order chi connectivity index (χ0) is 14.2. The van der Waals surface area contributed by atoms with E-state index in [1.165, 1.54) is 0 Å². The molecule has 1 saturated heterocycles. The largest absolute Gasteiger partial charge is 0.392 e. The van der Waals surface area contributed by atoms with Crippen molar-refractivity contribution in [3.05, 3.63) is 33.8 Å². The predicted molar refractivity (Wildman–Crippen MR) is 78.8 cm³/mol. The summed E-state index contributed by atoms with van der Waals surface area (Å²) in [6.45, 7) is 6.20. The summed E-state index contributed by atoms with van der Waals surface area (Å²) in [5.41, 5.74) is 0.889. The number of halogens is 2. The van der Waals surface area contributed by atoms with Crippen LogP contribution in [0.2, 0.25) is 10.0 Å². The fourth-order valence-electron chi connectivity index (χ4n) is 3.02. The average Bonchev–Trinajstić information content (AvgIpc) is 2.59. The zero-order valence-electron chi connectivity index (χ0n) is 11.4. The molecule has 0 aromatic heterocycles. The lowest BCUT2D eigenvalue weighted by atomic mass is 9.82. The lowest BCUT2D eigenvalue weighted by molar-refractivity contribution is 0.0240. The minimum Gasteiger partial charge on any atom is -0.392 e. The Morgan fingerprint density at radius 3 is 2.47 bits per heavy atom. The molecule has 1 aromatic rings. The van der Waals surface area contributed by atoms with Gasteiger partial charge in [-0.15, -0.1) is 0 Å². The van der Waals surface area contributed by atoms with Gasteiger partial charge in [0.05, 0.1) is 28.4 Å². The van der Waals surface area contributed by atoms with Gasteiger partial charge in [0.15, 0.2) is 0 Å². The van der Waals surface area contributed by atoms with E-state index in [0.717, 1.165) is 5.56 Å². The number of rotatable bonds is 3. The second-order valence-electron chi connectivity index (χ2n) is 5.47. The van der Waals surface area contributed by atoms with Gasteiger partial charge in [0.25, 0.3) is 0 Å². The van der Waals surface area contributed by atoms with Crippen molar-refractivity contribution in [3.8, 4) is 0 Å². The second kappa shape index (κ2) is 6.01. The van der Waals surface area contributed by atoms with E-state index in [1.807, 2.05) is 19.1 Å². The molecule has 1 aromatic carbocycles. The van der Waals surface area contributed by atoms with E-state index in [-0.39, 0.29) is 18.1 Å².